The van der Waals surface area contributed by atoms with Gasteiger partial charge in [-0.25, -0.2) is 0 Å². The highest BCUT2D eigenvalue weighted by molar-refractivity contribution is 5.94. The fraction of sp³-hybridized carbons (Fsp3) is 0.692. The number of nitrogens with two attached hydrogens (primary N) is 1. The maximum atomic E-state index is 12.4. The number of likely N-dealkylation sites (tertiary alicyclic amines) is 1. The Morgan fingerprint density at radius 1 is 1.61 bits per heavy atom. The number of aromatic nitrogens is 2. The predicted molar refractivity (Wildman–Crippen MR) is 70.1 cm³/mol. The third kappa shape index (κ3) is 2.56. The van der Waals surface area contributed by atoms with Crippen LogP contribution in [0.15, 0.2) is 12.4 Å². The van der Waals surface area contributed by atoms with Crippen molar-refractivity contribution in [1.29, 1.82) is 0 Å². The molecule has 0 radical (unpaired) electrons. The van der Waals surface area contributed by atoms with Crippen LogP contribution < -0.4 is 5.73 Å². The van der Waals surface area contributed by atoms with Crippen LogP contribution in [0.3, 0.4) is 0 Å². The molecular formula is C13H22N4O. The summed E-state index contributed by atoms with van der Waals surface area (Å²) in [5, 5.41) is 4.05. The molecule has 0 bridgehead atoms. The lowest BCUT2D eigenvalue weighted by Gasteiger charge is -2.38. The van der Waals surface area contributed by atoms with Crippen molar-refractivity contribution in [3.05, 3.63) is 18.0 Å². The summed E-state index contributed by atoms with van der Waals surface area (Å²) in [6.07, 6.45) is 6.67. The van der Waals surface area contributed by atoms with Gasteiger partial charge >= 0.3 is 0 Å². The summed E-state index contributed by atoms with van der Waals surface area (Å²) in [6.45, 7) is 3.56. The Morgan fingerprint density at radius 2 is 2.39 bits per heavy atom. The van der Waals surface area contributed by atoms with Gasteiger partial charge in [-0.2, -0.15) is 5.10 Å². The van der Waals surface area contributed by atoms with Gasteiger partial charge in [0.15, 0.2) is 0 Å². The summed E-state index contributed by atoms with van der Waals surface area (Å²) < 4.78 is 1.66. The van der Waals surface area contributed by atoms with E-state index in [1.807, 2.05) is 11.9 Å². The predicted octanol–water partition coefficient (Wildman–Crippen LogP) is 1.01. The van der Waals surface area contributed by atoms with Gasteiger partial charge in [0, 0.05) is 32.4 Å². The zero-order valence-electron chi connectivity index (χ0n) is 11.2. The average molecular weight is 250 g/mol. The molecule has 0 spiro atoms. The number of amides is 1. The number of carbonyl (C=O) groups is 1. The summed E-state index contributed by atoms with van der Waals surface area (Å²) in [5.41, 5.74) is 6.48. The van der Waals surface area contributed by atoms with E-state index >= 15 is 0 Å². The molecule has 1 fully saturated rings. The lowest BCUT2D eigenvalue weighted by molar-refractivity contribution is 0.0558. The van der Waals surface area contributed by atoms with E-state index in [0.29, 0.717) is 18.0 Å². The first-order chi connectivity index (χ1) is 8.65. The van der Waals surface area contributed by atoms with Gasteiger partial charge in [0.2, 0.25) is 0 Å². The fourth-order valence-electron chi connectivity index (χ4n) is 2.69. The molecule has 18 heavy (non-hydrogen) atoms. The summed E-state index contributed by atoms with van der Waals surface area (Å²) in [7, 11) is 1.82. The van der Waals surface area contributed by atoms with Gasteiger partial charge in [-0.1, -0.05) is 13.3 Å². The number of carbonyl (C=O) groups excluding carboxylic acids is 1. The number of piperidine rings is 1. The molecule has 2 N–H and O–H groups in total. The molecule has 5 nitrogen and oxygen atoms in total. The Balaban J connectivity index is 2.10. The SMILES string of the molecule is CCC1CCN(C(=O)c2cnn(C)c2)C(CN)C1. The smallest absolute Gasteiger partial charge is 0.257 e. The maximum absolute atomic E-state index is 12.4. The topological polar surface area (TPSA) is 64.2 Å². The van der Waals surface area contributed by atoms with Gasteiger partial charge in [-0.3, -0.25) is 9.48 Å². The van der Waals surface area contributed by atoms with Crippen molar-refractivity contribution >= 4 is 5.91 Å². The van der Waals surface area contributed by atoms with Crippen LogP contribution in [-0.2, 0) is 7.05 Å². The minimum Gasteiger partial charge on any atom is -0.334 e. The van der Waals surface area contributed by atoms with Crippen LogP contribution in [0, 0.1) is 5.92 Å². The van der Waals surface area contributed by atoms with E-state index in [-0.39, 0.29) is 11.9 Å². The standard InChI is InChI=1S/C13H22N4O/c1-3-10-4-5-17(12(6-10)7-14)13(18)11-8-15-16(2)9-11/h8-10,12H,3-7,14H2,1-2H3. The molecule has 2 heterocycles. The van der Waals surface area contributed by atoms with E-state index in [1.54, 1.807) is 17.1 Å². The second-order valence-corrected chi connectivity index (χ2v) is 5.09. The van der Waals surface area contributed by atoms with E-state index in [9.17, 15) is 4.79 Å². The Hall–Kier alpha value is -1.36. The molecule has 5 heteroatoms. The number of rotatable bonds is 3. The molecular weight excluding hydrogens is 228 g/mol. The van der Waals surface area contributed by atoms with Crippen molar-refractivity contribution in [1.82, 2.24) is 14.7 Å². The summed E-state index contributed by atoms with van der Waals surface area (Å²) in [6, 6.07) is 0.177. The molecule has 0 aromatic carbocycles. The number of nitrogens with zero attached hydrogens (tertiary/aromatic N) is 3. The molecule has 0 saturated carbocycles. The highest BCUT2D eigenvalue weighted by Crippen LogP contribution is 2.26. The van der Waals surface area contributed by atoms with Crippen molar-refractivity contribution in [3.63, 3.8) is 0 Å². The molecule has 0 aliphatic carbocycles. The van der Waals surface area contributed by atoms with Crippen molar-refractivity contribution in [2.24, 2.45) is 18.7 Å². The molecule has 1 saturated heterocycles. The zero-order valence-corrected chi connectivity index (χ0v) is 11.2. The largest absolute Gasteiger partial charge is 0.334 e. The first-order valence-electron chi connectivity index (χ1n) is 6.65. The minimum absolute atomic E-state index is 0.0631. The van der Waals surface area contributed by atoms with Crippen LogP contribution in [0.2, 0.25) is 0 Å². The normalized spacial score (nSPS) is 24.3. The molecule has 1 aliphatic heterocycles. The highest BCUT2D eigenvalue weighted by atomic mass is 16.2. The van der Waals surface area contributed by atoms with Gasteiger partial charge in [-0.15, -0.1) is 0 Å². The van der Waals surface area contributed by atoms with Gasteiger partial charge in [-0.05, 0) is 18.8 Å². The summed E-state index contributed by atoms with van der Waals surface area (Å²) in [5.74, 6) is 0.768. The van der Waals surface area contributed by atoms with E-state index in [0.717, 1.165) is 19.4 Å². The molecule has 1 aliphatic rings. The number of aryl methyl sites for hydroxylation is 1. The second-order valence-electron chi connectivity index (χ2n) is 5.09. The van der Waals surface area contributed by atoms with Crippen molar-refractivity contribution in [2.45, 2.75) is 32.2 Å². The average Bonchev–Trinajstić information content (AvgIpc) is 2.83. The third-order valence-corrected chi connectivity index (χ3v) is 3.89. The van der Waals surface area contributed by atoms with Crippen molar-refractivity contribution in [3.8, 4) is 0 Å². The van der Waals surface area contributed by atoms with Crippen LogP contribution >= 0.6 is 0 Å². The summed E-state index contributed by atoms with van der Waals surface area (Å²) in [4.78, 5) is 14.3. The Labute approximate surface area is 108 Å². The van der Waals surface area contributed by atoms with Crippen LogP contribution in [0.25, 0.3) is 0 Å². The molecule has 1 aromatic rings. The maximum Gasteiger partial charge on any atom is 0.257 e. The van der Waals surface area contributed by atoms with Crippen LogP contribution in [0.5, 0.6) is 0 Å². The quantitative estimate of drug-likeness (QED) is 0.870. The van der Waals surface area contributed by atoms with E-state index in [4.69, 9.17) is 5.73 Å². The fourth-order valence-corrected chi connectivity index (χ4v) is 2.69. The van der Waals surface area contributed by atoms with Gasteiger partial charge in [0.1, 0.15) is 0 Å². The first-order valence-corrected chi connectivity index (χ1v) is 6.65. The van der Waals surface area contributed by atoms with Gasteiger partial charge in [0.25, 0.3) is 5.91 Å². The van der Waals surface area contributed by atoms with Crippen molar-refractivity contribution < 1.29 is 4.79 Å². The van der Waals surface area contributed by atoms with Gasteiger partial charge in [0.05, 0.1) is 11.8 Å². The molecule has 1 amide bonds. The van der Waals surface area contributed by atoms with E-state index in [2.05, 4.69) is 12.0 Å². The molecule has 100 valence electrons. The second kappa shape index (κ2) is 5.52. The lowest BCUT2D eigenvalue weighted by Crippen LogP contribution is -2.49. The Kier molecular flexibility index (Phi) is 4.01. The molecule has 2 rings (SSSR count). The Bertz CT molecular complexity index is 415. The zero-order chi connectivity index (χ0) is 13.1. The lowest BCUT2D eigenvalue weighted by atomic mass is 9.88. The highest BCUT2D eigenvalue weighted by Gasteiger charge is 2.30. The first kappa shape index (κ1) is 13.1. The molecule has 2 atom stereocenters. The summed E-state index contributed by atoms with van der Waals surface area (Å²) >= 11 is 0. The Morgan fingerprint density at radius 3 is 2.94 bits per heavy atom. The van der Waals surface area contributed by atoms with Gasteiger partial charge < -0.3 is 10.6 Å². The van der Waals surface area contributed by atoms with E-state index < -0.39 is 0 Å². The van der Waals surface area contributed by atoms with Crippen LogP contribution in [0.1, 0.15) is 36.5 Å². The third-order valence-electron chi connectivity index (χ3n) is 3.89. The van der Waals surface area contributed by atoms with E-state index in [1.165, 1.54) is 6.42 Å². The monoisotopic (exact) mass is 250 g/mol. The van der Waals surface area contributed by atoms with Crippen LogP contribution in [0.4, 0.5) is 0 Å². The molecule has 2 unspecified atom stereocenters. The number of hydrogen-bond donors (Lipinski definition) is 1. The van der Waals surface area contributed by atoms with Crippen LogP contribution in [-0.4, -0.2) is 39.7 Å². The number of hydrogen-bond acceptors (Lipinski definition) is 3. The molecule has 1 aromatic heterocycles. The van der Waals surface area contributed by atoms with Crippen molar-refractivity contribution in [2.75, 3.05) is 13.1 Å². The minimum atomic E-state index is 0.0631.